The fourth-order valence-corrected chi connectivity index (χ4v) is 2.52. The summed E-state index contributed by atoms with van der Waals surface area (Å²) in [6.07, 6.45) is 6.02. The van der Waals surface area contributed by atoms with Crippen LogP contribution in [0.25, 0.3) is 23.0 Å². The number of imidazole rings is 1. The van der Waals surface area contributed by atoms with Crippen molar-refractivity contribution in [2.24, 2.45) is 7.05 Å². The van der Waals surface area contributed by atoms with Gasteiger partial charge in [0.2, 0.25) is 0 Å². The standard InChI is InChI=1S/C19H18N2/c1-15(14-16-8-4-3-5-9-16)17-10-6-7-11-18(17)19-20-12-13-21(19)2/h3-14H,1-2H3/b15-14+. The zero-order valence-electron chi connectivity index (χ0n) is 12.3. The van der Waals surface area contributed by atoms with E-state index in [4.69, 9.17) is 0 Å². The Morgan fingerprint density at radius 3 is 2.43 bits per heavy atom. The molecule has 0 unspecified atom stereocenters. The summed E-state index contributed by atoms with van der Waals surface area (Å²) in [5.74, 6) is 0.992. The smallest absolute Gasteiger partial charge is 0.140 e. The molecule has 3 rings (SSSR count). The molecule has 3 aromatic rings. The molecule has 0 N–H and O–H groups in total. The van der Waals surface area contributed by atoms with Crippen molar-refractivity contribution in [3.05, 3.63) is 78.1 Å². The third kappa shape index (κ3) is 2.79. The Morgan fingerprint density at radius 1 is 1.00 bits per heavy atom. The van der Waals surface area contributed by atoms with Crippen molar-refractivity contribution >= 4 is 11.6 Å². The summed E-state index contributed by atoms with van der Waals surface area (Å²) in [6, 6.07) is 18.8. The average molecular weight is 274 g/mol. The summed E-state index contributed by atoms with van der Waals surface area (Å²) in [7, 11) is 2.02. The van der Waals surface area contributed by atoms with Crippen LogP contribution in [0.3, 0.4) is 0 Å². The molecule has 0 saturated heterocycles. The highest BCUT2D eigenvalue weighted by molar-refractivity contribution is 5.86. The number of allylic oxidation sites excluding steroid dienone is 1. The molecule has 0 spiro atoms. The van der Waals surface area contributed by atoms with Crippen LogP contribution in [0.1, 0.15) is 18.1 Å². The number of hydrogen-bond donors (Lipinski definition) is 0. The maximum absolute atomic E-state index is 4.47. The minimum absolute atomic E-state index is 0.992. The van der Waals surface area contributed by atoms with Crippen LogP contribution in [0.4, 0.5) is 0 Å². The van der Waals surface area contributed by atoms with Crippen molar-refractivity contribution in [2.75, 3.05) is 0 Å². The summed E-state index contributed by atoms with van der Waals surface area (Å²) in [4.78, 5) is 4.47. The van der Waals surface area contributed by atoms with Gasteiger partial charge in [-0.2, -0.15) is 0 Å². The summed E-state index contributed by atoms with van der Waals surface area (Å²) in [5.41, 5.74) is 4.83. The second-order valence-corrected chi connectivity index (χ2v) is 5.15. The van der Waals surface area contributed by atoms with Crippen LogP contribution < -0.4 is 0 Å². The van der Waals surface area contributed by atoms with E-state index in [2.05, 4.69) is 71.1 Å². The number of rotatable bonds is 3. The van der Waals surface area contributed by atoms with Crippen LogP contribution in [-0.2, 0) is 7.05 Å². The van der Waals surface area contributed by atoms with E-state index in [0.29, 0.717) is 0 Å². The molecule has 1 aromatic heterocycles. The molecule has 0 aliphatic carbocycles. The fraction of sp³-hybridized carbons (Fsp3) is 0.105. The quantitative estimate of drug-likeness (QED) is 0.636. The van der Waals surface area contributed by atoms with E-state index in [-0.39, 0.29) is 0 Å². The molecule has 21 heavy (non-hydrogen) atoms. The molecule has 0 fully saturated rings. The third-order valence-electron chi connectivity index (χ3n) is 3.60. The summed E-state index contributed by atoms with van der Waals surface area (Å²) in [5, 5.41) is 0. The molecule has 2 heteroatoms. The first-order valence-corrected chi connectivity index (χ1v) is 7.06. The highest BCUT2D eigenvalue weighted by Gasteiger charge is 2.09. The Balaban J connectivity index is 2.08. The summed E-state index contributed by atoms with van der Waals surface area (Å²) in [6.45, 7) is 2.15. The molecule has 2 aromatic carbocycles. The van der Waals surface area contributed by atoms with Gasteiger partial charge < -0.3 is 4.57 Å². The lowest BCUT2D eigenvalue weighted by Gasteiger charge is -2.10. The molecular formula is C19H18N2. The van der Waals surface area contributed by atoms with Gasteiger partial charge in [-0.15, -0.1) is 0 Å². The highest BCUT2D eigenvalue weighted by Crippen LogP contribution is 2.28. The second-order valence-electron chi connectivity index (χ2n) is 5.15. The van der Waals surface area contributed by atoms with Crippen molar-refractivity contribution in [3.8, 4) is 11.4 Å². The molecule has 0 aliphatic heterocycles. The zero-order valence-corrected chi connectivity index (χ0v) is 12.3. The van der Waals surface area contributed by atoms with Crippen LogP contribution in [0.2, 0.25) is 0 Å². The molecule has 0 saturated carbocycles. The number of nitrogens with zero attached hydrogens (tertiary/aromatic N) is 2. The van der Waals surface area contributed by atoms with Gasteiger partial charge in [0, 0.05) is 25.0 Å². The Labute approximate surface area is 125 Å². The van der Waals surface area contributed by atoms with E-state index in [1.165, 1.54) is 16.7 Å². The highest BCUT2D eigenvalue weighted by atomic mass is 15.0. The monoisotopic (exact) mass is 274 g/mol. The van der Waals surface area contributed by atoms with Crippen molar-refractivity contribution in [3.63, 3.8) is 0 Å². The lowest BCUT2D eigenvalue weighted by Crippen LogP contribution is -1.95. The van der Waals surface area contributed by atoms with Crippen molar-refractivity contribution in [2.45, 2.75) is 6.92 Å². The van der Waals surface area contributed by atoms with Crippen LogP contribution in [0, 0.1) is 0 Å². The zero-order chi connectivity index (χ0) is 14.7. The fourth-order valence-electron chi connectivity index (χ4n) is 2.52. The summed E-state index contributed by atoms with van der Waals surface area (Å²) < 4.78 is 2.05. The van der Waals surface area contributed by atoms with Crippen molar-refractivity contribution in [1.29, 1.82) is 0 Å². The van der Waals surface area contributed by atoms with Gasteiger partial charge in [-0.25, -0.2) is 4.98 Å². The molecule has 0 aliphatic rings. The van der Waals surface area contributed by atoms with E-state index in [1.54, 1.807) is 0 Å². The summed E-state index contributed by atoms with van der Waals surface area (Å²) >= 11 is 0. The van der Waals surface area contributed by atoms with Crippen LogP contribution >= 0.6 is 0 Å². The maximum Gasteiger partial charge on any atom is 0.140 e. The number of benzene rings is 2. The topological polar surface area (TPSA) is 17.8 Å². The lowest BCUT2D eigenvalue weighted by atomic mass is 9.98. The molecule has 0 bridgehead atoms. The van der Waals surface area contributed by atoms with E-state index in [1.807, 2.05) is 25.5 Å². The number of aryl methyl sites for hydroxylation is 1. The van der Waals surface area contributed by atoms with Gasteiger partial charge in [0.1, 0.15) is 5.82 Å². The molecular weight excluding hydrogens is 256 g/mol. The van der Waals surface area contributed by atoms with E-state index in [9.17, 15) is 0 Å². The van der Waals surface area contributed by atoms with Crippen LogP contribution in [-0.4, -0.2) is 9.55 Å². The van der Waals surface area contributed by atoms with Gasteiger partial charge in [-0.3, -0.25) is 0 Å². The second kappa shape index (κ2) is 5.80. The maximum atomic E-state index is 4.47. The Morgan fingerprint density at radius 2 is 1.71 bits per heavy atom. The molecule has 0 amide bonds. The lowest BCUT2D eigenvalue weighted by molar-refractivity contribution is 0.924. The third-order valence-corrected chi connectivity index (χ3v) is 3.60. The Hall–Kier alpha value is -2.61. The van der Waals surface area contributed by atoms with Crippen molar-refractivity contribution in [1.82, 2.24) is 9.55 Å². The minimum Gasteiger partial charge on any atom is -0.334 e. The first-order chi connectivity index (χ1) is 10.3. The molecule has 2 nitrogen and oxygen atoms in total. The Kier molecular flexibility index (Phi) is 3.69. The van der Waals surface area contributed by atoms with Gasteiger partial charge in [-0.1, -0.05) is 60.7 Å². The first kappa shape index (κ1) is 13.4. The molecule has 1 heterocycles. The van der Waals surface area contributed by atoms with E-state index >= 15 is 0 Å². The first-order valence-electron chi connectivity index (χ1n) is 7.06. The largest absolute Gasteiger partial charge is 0.334 e. The van der Waals surface area contributed by atoms with Crippen LogP contribution in [0.15, 0.2) is 67.0 Å². The van der Waals surface area contributed by atoms with E-state index < -0.39 is 0 Å². The molecule has 104 valence electrons. The predicted molar refractivity (Wildman–Crippen MR) is 88.6 cm³/mol. The SMILES string of the molecule is C/C(=C\c1ccccc1)c1ccccc1-c1nccn1C. The normalized spacial score (nSPS) is 11.6. The van der Waals surface area contributed by atoms with Gasteiger partial charge in [0.15, 0.2) is 0 Å². The van der Waals surface area contributed by atoms with Gasteiger partial charge in [0.25, 0.3) is 0 Å². The molecule has 0 atom stereocenters. The van der Waals surface area contributed by atoms with Gasteiger partial charge in [0.05, 0.1) is 0 Å². The number of aromatic nitrogens is 2. The van der Waals surface area contributed by atoms with Crippen LogP contribution in [0.5, 0.6) is 0 Å². The van der Waals surface area contributed by atoms with Gasteiger partial charge >= 0.3 is 0 Å². The molecule has 0 radical (unpaired) electrons. The van der Waals surface area contributed by atoms with Gasteiger partial charge in [-0.05, 0) is 23.6 Å². The number of hydrogen-bond acceptors (Lipinski definition) is 1. The predicted octanol–water partition coefficient (Wildman–Crippen LogP) is 4.65. The Bertz CT molecular complexity index is 767. The van der Waals surface area contributed by atoms with Crippen molar-refractivity contribution < 1.29 is 0 Å². The average Bonchev–Trinajstić information content (AvgIpc) is 2.94. The van der Waals surface area contributed by atoms with E-state index in [0.717, 1.165) is 11.4 Å². The minimum atomic E-state index is 0.992.